The van der Waals surface area contributed by atoms with Crippen molar-refractivity contribution in [1.82, 2.24) is 14.9 Å². The molecule has 0 bridgehead atoms. The second-order valence-electron chi connectivity index (χ2n) is 6.72. The summed E-state index contributed by atoms with van der Waals surface area (Å²) in [7, 11) is -3.25. The molecule has 132 valence electrons. The first-order chi connectivity index (χ1) is 10.8. The number of rotatable bonds is 7. The minimum atomic E-state index is -3.25. The van der Waals surface area contributed by atoms with E-state index in [-0.39, 0.29) is 36.7 Å². The lowest BCUT2D eigenvalue weighted by molar-refractivity contribution is -0.134. The van der Waals surface area contributed by atoms with Crippen molar-refractivity contribution >= 4 is 21.8 Å². The van der Waals surface area contributed by atoms with Gasteiger partial charge in [-0.3, -0.25) is 9.59 Å². The Morgan fingerprint density at radius 2 is 1.96 bits per heavy atom. The number of hydrogen-bond donors (Lipinski definition) is 2. The fourth-order valence-electron chi connectivity index (χ4n) is 3.04. The lowest BCUT2D eigenvalue weighted by Crippen LogP contribution is -2.49. The van der Waals surface area contributed by atoms with Crippen molar-refractivity contribution in [3.05, 3.63) is 0 Å². The molecule has 1 aliphatic carbocycles. The highest BCUT2D eigenvalue weighted by atomic mass is 32.2. The van der Waals surface area contributed by atoms with Gasteiger partial charge in [-0.05, 0) is 31.6 Å². The van der Waals surface area contributed by atoms with Gasteiger partial charge >= 0.3 is 0 Å². The molecule has 2 rings (SSSR count). The second kappa shape index (κ2) is 7.61. The van der Waals surface area contributed by atoms with Gasteiger partial charge in [-0.2, -0.15) is 0 Å². The molecule has 1 heterocycles. The van der Waals surface area contributed by atoms with Gasteiger partial charge in [-0.25, -0.2) is 13.1 Å². The van der Waals surface area contributed by atoms with Crippen LogP contribution in [0.1, 0.15) is 39.0 Å². The molecule has 2 fully saturated rings. The van der Waals surface area contributed by atoms with Gasteiger partial charge in [0.05, 0.1) is 6.26 Å². The zero-order valence-corrected chi connectivity index (χ0v) is 14.7. The van der Waals surface area contributed by atoms with Gasteiger partial charge < -0.3 is 10.2 Å². The molecule has 1 aliphatic heterocycles. The normalized spacial score (nSPS) is 27.6. The van der Waals surface area contributed by atoms with Crippen LogP contribution in [0.4, 0.5) is 0 Å². The Hall–Kier alpha value is -1.15. The monoisotopic (exact) mass is 345 g/mol. The highest BCUT2D eigenvalue weighted by Crippen LogP contribution is 2.37. The molecule has 1 saturated carbocycles. The van der Waals surface area contributed by atoms with Gasteiger partial charge in [0.25, 0.3) is 0 Å². The van der Waals surface area contributed by atoms with E-state index in [1.165, 1.54) is 0 Å². The van der Waals surface area contributed by atoms with E-state index in [1.807, 2.05) is 6.92 Å². The zero-order valence-electron chi connectivity index (χ0n) is 13.9. The molecular formula is C15H27N3O4S. The van der Waals surface area contributed by atoms with Gasteiger partial charge in [-0.1, -0.05) is 6.92 Å². The number of piperidine rings is 1. The van der Waals surface area contributed by atoms with Crippen LogP contribution in [0, 0.1) is 11.8 Å². The molecule has 23 heavy (non-hydrogen) atoms. The fourth-order valence-corrected chi connectivity index (χ4v) is 3.54. The standard InChI is InChI=1S/C15H27N3O4S/c1-11-9-13(11)15(20)16-7-6-14(19)18-8-4-3-5-12(18)10-17-23(2,21)22/h11-13,17H,3-10H2,1-2H3,(H,16,20). The summed E-state index contributed by atoms with van der Waals surface area (Å²) in [5.74, 6) is 0.597. The summed E-state index contributed by atoms with van der Waals surface area (Å²) in [5.41, 5.74) is 0. The summed E-state index contributed by atoms with van der Waals surface area (Å²) in [6.45, 7) is 3.31. The Bertz CT molecular complexity index is 549. The van der Waals surface area contributed by atoms with E-state index in [0.29, 0.717) is 19.0 Å². The van der Waals surface area contributed by atoms with Crippen LogP contribution >= 0.6 is 0 Å². The van der Waals surface area contributed by atoms with E-state index >= 15 is 0 Å². The first kappa shape index (κ1) is 18.2. The molecular weight excluding hydrogens is 318 g/mol. The molecule has 0 aromatic rings. The van der Waals surface area contributed by atoms with E-state index in [4.69, 9.17) is 0 Å². The van der Waals surface area contributed by atoms with Crippen molar-refractivity contribution in [2.45, 2.75) is 45.1 Å². The third-order valence-electron chi connectivity index (χ3n) is 4.61. The average Bonchev–Trinajstić information content (AvgIpc) is 3.21. The minimum absolute atomic E-state index is 0.0193. The van der Waals surface area contributed by atoms with Crippen LogP contribution in [0.3, 0.4) is 0 Å². The van der Waals surface area contributed by atoms with Crippen molar-refractivity contribution < 1.29 is 18.0 Å². The molecule has 2 aliphatic rings. The smallest absolute Gasteiger partial charge is 0.224 e. The van der Waals surface area contributed by atoms with Crippen LogP contribution < -0.4 is 10.0 Å². The molecule has 0 aromatic heterocycles. The van der Waals surface area contributed by atoms with Crippen LogP contribution in [0.2, 0.25) is 0 Å². The highest BCUT2D eigenvalue weighted by molar-refractivity contribution is 7.88. The van der Waals surface area contributed by atoms with Crippen molar-refractivity contribution in [1.29, 1.82) is 0 Å². The maximum absolute atomic E-state index is 12.4. The van der Waals surface area contributed by atoms with Gasteiger partial charge in [-0.15, -0.1) is 0 Å². The van der Waals surface area contributed by atoms with Gasteiger partial charge in [0.1, 0.15) is 0 Å². The SMILES string of the molecule is CC1CC1C(=O)NCCC(=O)N1CCCCC1CNS(C)(=O)=O. The second-order valence-corrected chi connectivity index (χ2v) is 8.55. The van der Waals surface area contributed by atoms with Crippen LogP contribution in [-0.2, 0) is 19.6 Å². The van der Waals surface area contributed by atoms with Crippen molar-refractivity contribution in [2.75, 3.05) is 25.9 Å². The van der Waals surface area contributed by atoms with Crippen molar-refractivity contribution in [3.63, 3.8) is 0 Å². The maximum Gasteiger partial charge on any atom is 0.224 e. The third-order valence-corrected chi connectivity index (χ3v) is 5.30. The minimum Gasteiger partial charge on any atom is -0.355 e. The zero-order chi connectivity index (χ0) is 17.0. The predicted molar refractivity (Wildman–Crippen MR) is 87.1 cm³/mol. The number of likely N-dealkylation sites (tertiary alicyclic amines) is 1. The van der Waals surface area contributed by atoms with Crippen LogP contribution in [0.15, 0.2) is 0 Å². The summed E-state index contributed by atoms with van der Waals surface area (Å²) in [5, 5.41) is 2.82. The van der Waals surface area contributed by atoms with Gasteiger partial charge in [0.15, 0.2) is 0 Å². The maximum atomic E-state index is 12.4. The van der Waals surface area contributed by atoms with Crippen LogP contribution in [-0.4, -0.2) is 57.1 Å². The molecule has 8 heteroatoms. The largest absolute Gasteiger partial charge is 0.355 e. The third kappa shape index (κ3) is 5.76. The van der Waals surface area contributed by atoms with E-state index in [1.54, 1.807) is 4.90 Å². The first-order valence-corrected chi connectivity index (χ1v) is 10.2. The Morgan fingerprint density at radius 3 is 2.57 bits per heavy atom. The Labute approximate surface area is 138 Å². The first-order valence-electron chi connectivity index (χ1n) is 8.29. The molecule has 2 N–H and O–H groups in total. The molecule has 0 radical (unpaired) electrons. The summed E-state index contributed by atoms with van der Waals surface area (Å²) in [4.78, 5) is 25.9. The predicted octanol–water partition coefficient (Wildman–Crippen LogP) is 0.0790. The summed E-state index contributed by atoms with van der Waals surface area (Å²) < 4.78 is 25.0. The molecule has 0 aromatic carbocycles. The number of hydrogen-bond acceptors (Lipinski definition) is 4. The average molecular weight is 345 g/mol. The number of carbonyl (C=O) groups is 2. The Kier molecular flexibility index (Phi) is 6.02. The number of nitrogens with one attached hydrogen (secondary N) is 2. The summed E-state index contributed by atoms with van der Waals surface area (Å²) in [6.07, 6.45) is 5.06. The van der Waals surface area contributed by atoms with Gasteiger partial charge in [0.2, 0.25) is 21.8 Å². The van der Waals surface area contributed by atoms with E-state index in [0.717, 1.165) is 31.9 Å². The fraction of sp³-hybridized carbons (Fsp3) is 0.867. The molecule has 0 spiro atoms. The number of sulfonamides is 1. The molecule has 3 atom stereocenters. The van der Waals surface area contributed by atoms with Crippen LogP contribution in [0.5, 0.6) is 0 Å². The topological polar surface area (TPSA) is 95.6 Å². The highest BCUT2D eigenvalue weighted by Gasteiger charge is 2.38. The van der Waals surface area contributed by atoms with Crippen LogP contribution in [0.25, 0.3) is 0 Å². The number of carbonyl (C=O) groups excluding carboxylic acids is 2. The van der Waals surface area contributed by atoms with Gasteiger partial charge in [0, 0.05) is 38.0 Å². The summed E-state index contributed by atoms with van der Waals surface area (Å²) in [6, 6.07) is -0.0925. The van der Waals surface area contributed by atoms with Crippen molar-refractivity contribution in [2.24, 2.45) is 11.8 Å². The quantitative estimate of drug-likeness (QED) is 0.683. The number of nitrogens with zero attached hydrogens (tertiary/aromatic N) is 1. The Balaban J connectivity index is 1.77. The van der Waals surface area contributed by atoms with E-state index in [2.05, 4.69) is 10.0 Å². The van der Waals surface area contributed by atoms with Crippen molar-refractivity contribution in [3.8, 4) is 0 Å². The lowest BCUT2D eigenvalue weighted by atomic mass is 10.0. The molecule has 7 nitrogen and oxygen atoms in total. The molecule has 2 amide bonds. The molecule has 3 unspecified atom stereocenters. The Morgan fingerprint density at radius 1 is 1.26 bits per heavy atom. The van der Waals surface area contributed by atoms with E-state index in [9.17, 15) is 18.0 Å². The lowest BCUT2D eigenvalue weighted by Gasteiger charge is -2.36. The number of amides is 2. The summed E-state index contributed by atoms with van der Waals surface area (Å²) >= 11 is 0. The molecule has 1 saturated heterocycles. The van der Waals surface area contributed by atoms with E-state index < -0.39 is 10.0 Å².